The zero-order chi connectivity index (χ0) is 25.4. The Balaban J connectivity index is 1.33. The lowest BCUT2D eigenvalue weighted by molar-refractivity contribution is -0.116. The number of primary amides is 1. The van der Waals surface area contributed by atoms with Crippen molar-refractivity contribution in [2.45, 2.75) is 58.9 Å². The van der Waals surface area contributed by atoms with E-state index in [4.69, 9.17) is 5.73 Å². The maximum Gasteiger partial charge on any atom is 0.254 e. The van der Waals surface area contributed by atoms with Crippen LogP contribution in [0.3, 0.4) is 0 Å². The molecular weight excluding hydrogens is 463 g/mol. The van der Waals surface area contributed by atoms with Crippen molar-refractivity contribution in [1.82, 2.24) is 29.4 Å². The summed E-state index contributed by atoms with van der Waals surface area (Å²) in [5.74, 6) is 0.134. The first-order valence-electron chi connectivity index (χ1n) is 12.0. The van der Waals surface area contributed by atoms with Crippen molar-refractivity contribution in [3.05, 3.63) is 58.6 Å². The molecule has 11 heteroatoms. The van der Waals surface area contributed by atoms with Gasteiger partial charge in [0.1, 0.15) is 17.2 Å². The average Bonchev–Trinajstić information content (AvgIpc) is 3.37. The minimum Gasteiger partial charge on any atom is -0.365 e. The smallest absolute Gasteiger partial charge is 0.254 e. The molecule has 1 aliphatic rings. The molecule has 36 heavy (non-hydrogen) atoms. The lowest BCUT2D eigenvalue weighted by atomic mass is 10.1. The van der Waals surface area contributed by atoms with Crippen LogP contribution in [-0.4, -0.2) is 41.2 Å². The molecule has 2 amide bonds. The van der Waals surface area contributed by atoms with E-state index >= 15 is 0 Å². The molecule has 0 atom stereocenters. The number of halogens is 1. The molecule has 5 rings (SSSR count). The van der Waals surface area contributed by atoms with Gasteiger partial charge in [-0.05, 0) is 56.9 Å². The van der Waals surface area contributed by atoms with Crippen LogP contribution in [-0.2, 0) is 24.2 Å². The molecule has 0 saturated heterocycles. The summed E-state index contributed by atoms with van der Waals surface area (Å²) in [6, 6.07) is 4.48. The highest BCUT2D eigenvalue weighted by molar-refractivity contribution is 5.98. The van der Waals surface area contributed by atoms with Crippen molar-refractivity contribution < 1.29 is 14.0 Å². The van der Waals surface area contributed by atoms with E-state index < -0.39 is 11.7 Å². The molecule has 3 aromatic heterocycles. The third kappa shape index (κ3) is 4.32. The average molecular weight is 491 g/mol. The molecule has 0 bridgehead atoms. The fraction of sp³-hybridized carbons (Fsp3) is 0.360. The van der Waals surface area contributed by atoms with E-state index in [0.29, 0.717) is 34.8 Å². The van der Waals surface area contributed by atoms with E-state index in [0.717, 1.165) is 49.3 Å². The van der Waals surface area contributed by atoms with Gasteiger partial charge in [-0.15, -0.1) is 10.2 Å². The van der Waals surface area contributed by atoms with E-state index in [1.165, 1.54) is 18.3 Å². The van der Waals surface area contributed by atoms with Gasteiger partial charge in [-0.2, -0.15) is 5.10 Å². The van der Waals surface area contributed by atoms with Crippen LogP contribution < -0.4 is 11.1 Å². The summed E-state index contributed by atoms with van der Waals surface area (Å²) in [5.41, 5.74) is 9.22. The van der Waals surface area contributed by atoms with Gasteiger partial charge in [-0.25, -0.2) is 13.9 Å². The second-order valence-electron chi connectivity index (χ2n) is 9.06. The zero-order valence-corrected chi connectivity index (χ0v) is 20.2. The molecule has 0 spiro atoms. The quantitative estimate of drug-likeness (QED) is 0.427. The number of aromatic nitrogens is 6. The van der Waals surface area contributed by atoms with E-state index in [1.54, 1.807) is 10.6 Å². The lowest BCUT2D eigenvalue weighted by Gasteiger charge is -2.12. The molecule has 0 unspecified atom stereocenters. The third-order valence-corrected chi connectivity index (χ3v) is 6.68. The van der Waals surface area contributed by atoms with E-state index in [-0.39, 0.29) is 17.9 Å². The summed E-state index contributed by atoms with van der Waals surface area (Å²) < 4.78 is 18.3. The Hall–Kier alpha value is -4.15. The van der Waals surface area contributed by atoms with Gasteiger partial charge in [0.05, 0.1) is 11.8 Å². The van der Waals surface area contributed by atoms with Crippen LogP contribution >= 0.6 is 0 Å². The van der Waals surface area contributed by atoms with Crippen LogP contribution in [0.5, 0.6) is 0 Å². The molecule has 3 N–H and O–H groups in total. The Morgan fingerprint density at radius 2 is 2.00 bits per heavy atom. The molecule has 0 fully saturated rings. The van der Waals surface area contributed by atoms with Crippen LogP contribution in [0.4, 0.5) is 10.1 Å². The number of carbonyl (C=O) groups excluding carboxylic acids is 2. The van der Waals surface area contributed by atoms with Crippen molar-refractivity contribution in [2.24, 2.45) is 5.73 Å². The molecule has 0 saturated carbocycles. The molecule has 4 aromatic rings. The molecule has 4 heterocycles. The summed E-state index contributed by atoms with van der Waals surface area (Å²) in [7, 11) is 0. The van der Waals surface area contributed by atoms with Crippen molar-refractivity contribution >= 4 is 23.1 Å². The van der Waals surface area contributed by atoms with Crippen molar-refractivity contribution in [1.29, 1.82) is 0 Å². The second-order valence-corrected chi connectivity index (χ2v) is 9.06. The molecule has 0 radical (unpaired) electrons. The summed E-state index contributed by atoms with van der Waals surface area (Å²) in [4.78, 5) is 28.9. The standard InChI is InChI=1S/C25H27FN8O2/c1-14-17(15(2)34-24(29-14)19(13-28-34)23(27)36)8-10-22(35)30-16-7-9-20(26)18(12-16)25-32-31-21-6-4-3-5-11-33(21)25/h7,9,12-13H,3-6,8,10-11H2,1-2H3,(H2,27,36)(H,30,35). The summed E-state index contributed by atoms with van der Waals surface area (Å²) >= 11 is 0. The Kier molecular flexibility index (Phi) is 6.21. The number of nitrogens with zero attached hydrogens (tertiary/aromatic N) is 6. The topological polar surface area (TPSA) is 133 Å². The number of aryl methyl sites for hydroxylation is 3. The second kappa shape index (κ2) is 9.48. The van der Waals surface area contributed by atoms with Gasteiger partial charge < -0.3 is 15.6 Å². The Bertz CT molecular complexity index is 1490. The first-order valence-corrected chi connectivity index (χ1v) is 12.0. The molecule has 10 nitrogen and oxygen atoms in total. The summed E-state index contributed by atoms with van der Waals surface area (Å²) in [6.45, 7) is 4.44. The summed E-state index contributed by atoms with van der Waals surface area (Å²) in [6.07, 6.45) is 5.98. The fourth-order valence-electron chi connectivity index (χ4n) is 4.77. The number of hydrogen-bond donors (Lipinski definition) is 2. The maximum atomic E-state index is 14.7. The predicted molar refractivity (Wildman–Crippen MR) is 131 cm³/mol. The Morgan fingerprint density at radius 1 is 1.17 bits per heavy atom. The van der Waals surface area contributed by atoms with Gasteiger partial charge in [-0.1, -0.05) is 6.42 Å². The van der Waals surface area contributed by atoms with Gasteiger partial charge in [0.2, 0.25) is 5.91 Å². The number of fused-ring (bicyclic) bond motifs is 2. The van der Waals surface area contributed by atoms with Gasteiger partial charge in [0.25, 0.3) is 5.91 Å². The van der Waals surface area contributed by atoms with Crippen LogP contribution in [0.15, 0.2) is 24.4 Å². The number of anilines is 1. The largest absolute Gasteiger partial charge is 0.365 e. The first kappa shape index (κ1) is 23.6. The van der Waals surface area contributed by atoms with Gasteiger partial charge >= 0.3 is 0 Å². The molecule has 1 aromatic carbocycles. The monoisotopic (exact) mass is 490 g/mol. The van der Waals surface area contributed by atoms with Crippen LogP contribution in [0, 0.1) is 19.7 Å². The molecular formula is C25H27FN8O2. The van der Waals surface area contributed by atoms with E-state index in [2.05, 4.69) is 25.6 Å². The third-order valence-electron chi connectivity index (χ3n) is 6.68. The van der Waals surface area contributed by atoms with Gasteiger partial charge in [-0.3, -0.25) is 9.59 Å². The number of rotatable bonds is 6. The number of nitrogens with two attached hydrogens (primary N) is 1. The Morgan fingerprint density at radius 3 is 2.81 bits per heavy atom. The zero-order valence-electron chi connectivity index (χ0n) is 20.2. The fourth-order valence-corrected chi connectivity index (χ4v) is 4.77. The minimum absolute atomic E-state index is 0.186. The molecule has 0 aliphatic carbocycles. The van der Waals surface area contributed by atoms with Crippen LogP contribution in [0.1, 0.15) is 58.8 Å². The van der Waals surface area contributed by atoms with Crippen LogP contribution in [0.2, 0.25) is 0 Å². The predicted octanol–water partition coefficient (Wildman–Crippen LogP) is 3.14. The highest BCUT2D eigenvalue weighted by Gasteiger charge is 2.20. The number of benzene rings is 1. The first-order chi connectivity index (χ1) is 17.3. The number of nitrogens with one attached hydrogen (secondary N) is 1. The highest BCUT2D eigenvalue weighted by atomic mass is 19.1. The van der Waals surface area contributed by atoms with Gasteiger partial charge in [0, 0.05) is 36.5 Å². The van der Waals surface area contributed by atoms with Crippen molar-refractivity contribution in [2.75, 3.05) is 5.32 Å². The van der Waals surface area contributed by atoms with Crippen molar-refractivity contribution in [3.63, 3.8) is 0 Å². The van der Waals surface area contributed by atoms with Crippen LogP contribution in [0.25, 0.3) is 17.0 Å². The summed E-state index contributed by atoms with van der Waals surface area (Å²) in [5, 5.41) is 15.6. The molecule has 1 aliphatic heterocycles. The van der Waals surface area contributed by atoms with Crippen molar-refractivity contribution in [3.8, 4) is 11.4 Å². The lowest BCUT2D eigenvalue weighted by Crippen LogP contribution is -2.15. The molecule has 186 valence electrons. The minimum atomic E-state index is -0.593. The van der Waals surface area contributed by atoms with Gasteiger partial charge in [0.15, 0.2) is 11.5 Å². The number of amides is 2. The number of hydrogen-bond acceptors (Lipinski definition) is 6. The normalized spacial score (nSPS) is 13.4. The number of carbonyl (C=O) groups is 2. The SMILES string of the molecule is Cc1nc2c(C(N)=O)cnn2c(C)c1CCC(=O)Nc1ccc(F)c(-c2nnc3n2CCCCC3)c1. The van der Waals surface area contributed by atoms with E-state index in [1.807, 2.05) is 18.4 Å². The Labute approximate surface area is 206 Å². The highest BCUT2D eigenvalue weighted by Crippen LogP contribution is 2.28. The van der Waals surface area contributed by atoms with E-state index in [9.17, 15) is 14.0 Å². The maximum absolute atomic E-state index is 14.7.